The van der Waals surface area contributed by atoms with Crippen molar-refractivity contribution in [2.24, 2.45) is 5.73 Å². The first-order valence-corrected chi connectivity index (χ1v) is 10.7. The van der Waals surface area contributed by atoms with Gasteiger partial charge in [0.2, 0.25) is 10.0 Å². The van der Waals surface area contributed by atoms with Crippen LogP contribution in [0.4, 0.5) is 0 Å². The van der Waals surface area contributed by atoms with Crippen LogP contribution in [0.1, 0.15) is 45.4 Å². The van der Waals surface area contributed by atoms with Crippen molar-refractivity contribution in [1.82, 2.24) is 4.31 Å². The summed E-state index contributed by atoms with van der Waals surface area (Å²) in [5.41, 5.74) is 5.27. The van der Waals surface area contributed by atoms with Gasteiger partial charge in [0.1, 0.15) is 0 Å². The van der Waals surface area contributed by atoms with E-state index in [9.17, 15) is 16.8 Å². The zero-order valence-corrected chi connectivity index (χ0v) is 14.0. The quantitative estimate of drug-likeness (QED) is 0.742. The predicted molar refractivity (Wildman–Crippen MR) is 80.5 cm³/mol. The molecule has 1 saturated carbocycles. The van der Waals surface area contributed by atoms with Crippen molar-refractivity contribution in [2.45, 2.75) is 51.0 Å². The standard InChI is InChI=1S/C12H26N2O4S2/c1-3-9-14(20(17,18)11-19(2,15)16)12(10-13)7-5-4-6-8-12/h3-11,13H2,1-2H3. The summed E-state index contributed by atoms with van der Waals surface area (Å²) >= 11 is 0. The van der Waals surface area contributed by atoms with Gasteiger partial charge in [-0.2, -0.15) is 4.31 Å². The maximum atomic E-state index is 12.5. The summed E-state index contributed by atoms with van der Waals surface area (Å²) in [4.78, 5) is 0. The van der Waals surface area contributed by atoms with Gasteiger partial charge in [0, 0.05) is 24.9 Å². The third kappa shape index (κ3) is 4.41. The van der Waals surface area contributed by atoms with Gasteiger partial charge >= 0.3 is 0 Å². The smallest absolute Gasteiger partial charge is 0.229 e. The van der Waals surface area contributed by atoms with E-state index in [2.05, 4.69) is 0 Å². The second kappa shape index (κ2) is 6.72. The number of nitrogens with zero attached hydrogens (tertiary/aromatic N) is 1. The molecule has 1 aliphatic carbocycles. The van der Waals surface area contributed by atoms with Crippen LogP contribution in [0, 0.1) is 0 Å². The third-order valence-electron chi connectivity index (χ3n) is 3.82. The van der Waals surface area contributed by atoms with E-state index in [1.54, 1.807) is 0 Å². The molecule has 2 N–H and O–H groups in total. The zero-order chi connectivity index (χ0) is 15.4. The molecule has 0 aromatic rings. The lowest BCUT2D eigenvalue weighted by molar-refractivity contribution is 0.136. The number of nitrogens with two attached hydrogens (primary N) is 1. The molecule has 8 heteroatoms. The topological polar surface area (TPSA) is 97.5 Å². The fourth-order valence-electron chi connectivity index (χ4n) is 2.97. The Kier molecular flexibility index (Phi) is 6.01. The Morgan fingerprint density at radius 3 is 2.05 bits per heavy atom. The highest BCUT2D eigenvalue weighted by molar-refractivity contribution is 8.06. The molecule has 20 heavy (non-hydrogen) atoms. The van der Waals surface area contributed by atoms with E-state index in [1.807, 2.05) is 6.92 Å². The highest BCUT2D eigenvalue weighted by Crippen LogP contribution is 2.35. The van der Waals surface area contributed by atoms with Crippen molar-refractivity contribution in [3.8, 4) is 0 Å². The molecule has 0 amide bonds. The second-order valence-corrected chi connectivity index (χ2v) is 10.1. The molecule has 0 unspecified atom stereocenters. The Morgan fingerprint density at radius 2 is 1.65 bits per heavy atom. The van der Waals surface area contributed by atoms with Gasteiger partial charge in [0.25, 0.3) is 0 Å². The van der Waals surface area contributed by atoms with Gasteiger partial charge in [-0.3, -0.25) is 0 Å². The van der Waals surface area contributed by atoms with Crippen molar-refractivity contribution in [1.29, 1.82) is 0 Å². The fourth-order valence-corrected chi connectivity index (χ4v) is 6.95. The summed E-state index contributed by atoms with van der Waals surface area (Å²) in [7, 11) is -7.44. The predicted octanol–water partition coefficient (Wildman–Crippen LogP) is 0.692. The van der Waals surface area contributed by atoms with Gasteiger partial charge in [-0.05, 0) is 19.3 Å². The van der Waals surface area contributed by atoms with Crippen LogP contribution in [0.2, 0.25) is 0 Å². The molecule has 0 bridgehead atoms. The van der Waals surface area contributed by atoms with Crippen LogP contribution in [0.5, 0.6) is 0 Å². The second-order valence-electron chi connectivity index (χ2n) is 5.72. The Bertz CT molecular complexity index is 508. The molecule has 0 saturated heterocycles. The number of hydrogen-bond acceptors (Lipinski definition) is 5. The lowest BCUT2D eigenvalue weighted by atomic mass is 9.81. The molecule has 1 fully saturated rings. The van der Waals surface area contributed by atoms with Crippen molar-refractivity contribution < 1.29 is 16.8 Å². The molecule has 6 nitrogen and oxygen atoms in total. The first-order valence-electron chi connectivity index (χ1n) is 7.05. The Balaban J connectivity index is 3.14. The molecule has 0 heterocycles. The van der Waals surface area contributed by atoms with Gasteiger partial charge in [0.15, 0.2) is 14.9 Å². The van der Waals surface area contributed by atoms with E-state index in [1.165, 1.54) is 4.31 Å². The van der Waals surface area contributed by atoms with Crippen LogP contribution in [-0.2, 0) is 19.9 Å². The van der Waals surface area contributed by atoms with Crippen LogP contribution >= 0.6 is 0 Å². The minimum absolute atomic E-state index is 0.246. The van der Waals surface area contributed by atoms with E-state index in [4.69, 9.17) is 5.73 Å². The molecule has 0 atom stereocenters. The number of sulfonamides is 1. The average Bonchev–Trinajstić information content (AvgIpc) is 2.33. The molecule has 0 radical (unpaired) electrons. The highest BCUT2D eigenvalue weighted by Gasteiger charge is 2.43. The summed E-state index contributed by atoms with van der Waals surface area (Å²) in [6, 6.07) is 0. The average molecular weight is 326 g/mol. The summed E-state index contributed by atoms with van der Waals surface area (Å²) in [5, 5.41) is -0.832. The van der Waals surface area contributed by atoms with Crippen LogP contribution in [0.15, 0.2) is 0 Å². The molecule has 1 rings (SSSR count). The van der Waals surface area contributed by atoms with Gasteiger partial charge in [-0.15, -0.1) is 0 Å². The Labute approximate surface area is 122 Å². The summed E-state index contributed by atoms with van der Waals surface area (Å²) in [6.07, 6.45) is 5.97. The molecule has 1 aliphatic rings. The van der Waals surface area contributed by atoms with E-state index in [0.717, 1.165) is 25.5 Å². The molecule has 0 aliphatic heterocycles. The van der Waals surface area contributed by atoms with Crippen molar-refractivity contribution in [3.05, 3.63) is 0 Å². The van der Waals surface area contributed by atoms with Crippen molar-refractivity contribution in [3.63, 3.8) is 0 Å². The van der Waals surface area contributed by atoms with Gasteiger partial charge in [-0.25, -0.2) is 16.8 Å². The summed E-state index contributed by atoms with van der Waals surface area (Å²) < 4.78 is 49.1. The van der Waals surface area contributed by atoms with E-state index in [0.29, 0.717) is 25.8 Å². The van der Waals surface area contributed by atoms with Gasteiger partial charge < -0.3 is 5.73 Å². The fraction of sp³-hybridized carbons (Fsp3) is 1.00. The molecular weight excluding hydrogens is 300 g/mol. The maximum absolute atomic E-state index is 12.5. The largest absolute Gasteiger partial charge is 0.329 e. The minimum Gasteiger partial charge on any atom is -0.329 e. The first-order chi connectivity index (χ1) is 9.17. The van der Waals surface area contributed by atoms with Crippen molar-refractivity contribution >= 4 is 19.9 Å². The number of hydrogen-bond donors (Lipinski definition) is 1. The molecule has 0 aromatic carbocycles. The van der Waals surface area contributed by atoms with Gasteiger partial charge in [0.05, 0.1) is 0 Å². The minimum atomic E-state index is -3.85. The van der Waals surface area contributed by atoms with Crippen LogP contribution in [-0.4, -0.2) is 51.1 Å². The SMILES string of the molecule is CCCN(C1(CN)CCCCC1)S(=O)(=O)CS(C)(=O)=O. The van der Waals surface area contributed by atoms with E-state index in [-0.39, 0.29) is 6.54 Å². The molecule has 120 valence electrons. The van der Waals surface area contributed by atoms with E-state index < -0.39 is 30.5 Å². The van der Waals surface area contributed by atoms with Crippen LogP contribution < -0.4 is 5.73 Å². The maximum Gasteiger partial charge on any atom is 0.229 e. The van der Waals surface area contributed by atoms with Gasteiger partial charge in [-0.1, -0.05) is 26.2 Å². The van der Waals surface area contributed by atoms with Crippen LogP contribution in [0.3, 0.4) is 0 Å². The van der Waals surface area contributed by atoms with Crippen molar-refractivity contribution in [2.75, 3.05) is 24.4 Å². The monoisotopic (exact) mass is 326 g/mol. The zero-order valence-electron chi connectivity index (χ0n) is 12.3. The first kappa shape index (κ1) is 17.9. The van der Waals surface area contributed by atoms with Crippen LogP contribution in [0.25, 0.3) is 0 Å². The summed E-state index contributed by atoms with van der Waals surface area (Å²) in [6.45, 7) is 2.46. The lowest BCUT2D eigenvalue weighted by Crippen LogP contribution is -2.58. The van der Waals surface area contributed by atoms with E-state index >= 15 is 0 Å². The number of rotatable bonds is 7. The lowest BCUT2D eigenvalue weighted by Gasteiger charge is -2.44. The molecule has 0 aromatic heterocycles. The normalized spacial score (nSPS) is 20.2. The molecule has 0 spiro atoms. The number of sulfone groups is 1. The highest BCUT2D eigenvalue weighted by atomic mass is 32.3. The Hall–Kier alpha value is -0.180. The molecular formula is C12H26N2O4S2. The summed E-state index contributed by atoms with van der Waals surface area (Å²) in [5.74, 6) is 0. The third-order valence-corrected chi connectivity index (χ3v) is 7.96. The Morgan fingerprint density at radius 1 is 1.10 bits per heavy atom.